The van der Waals surface area contributed by atoms with Crippen molar-refractivity contribution in [3.05, 3.63) is 29.8 Å². The Balaban J connectivity index is 1.58. The topological polar surface area (TPSA) is 52.7 Å². The van der Waals surface area contributed by atoms with Crippen molar-refractivity contribution in [1.29, 1.82) is 0 Å². The number of rotatable bonds is 3. The standard InChI is InChI=1S/C20H29N3O2S/c1-15(2)14-18(24)23-12-13-26-20(23)8-10-22(11-9-20)19(25)21-17-6-4-16(3)5-7-17/h4-7,15H,8-14H2,1-3H3,(H,21,25). The van der Waals surface area contributed by atoms with Crippen molar-refractivity contribution in [2.45, 2.75) is 44.9 Å². The van der Waals surface area contributed by atoms with E-state index in [1.165, 1.54) is 5.56 Å². The summed E-state index contributed by atoms with van der Waals surface area (Å²) in [7, 11) is 0. The van der Waals surface area contributed by atoms with Crippen molar-refractivity contribution in [2.75, 3.05) is 30.7 Å². The summed E-state index contributed by atoms with van der Waals surface area (Å²) in [4.78, 5) is 29.0. The van der Waals surface area contributed by atoms with Crippen LogP contribution in [0.3, 0.4) is 0 Å². The van der Waals surface area contributed by atoms with Gasteiger partial charge in [-0.25, -0.2) is 4.79 Å². The molecule has 0 atom stereocenters. The van der Waals surface area contributed by atoms with Gasteiger partial charge in [-0.1, -0.05) is 31.5 Å². The van der Waals surface area contributed by atoms with Gasteiger partial charge in [-0.15, -0.1) is 11.8 Å². The van der Waals surface area contributed by atoms with E-state index in [4.69, 9.17) is 0 Å². The molecule has 0 aromatic heterocycles. The number of nitrogens with one attached hydrogen (secondary N) is 1. The molecule has 26 heavy (non-hydrogen) atoms. The molecule has 2 aliphatic rings. The number of nitrogens with zero attached hydrogens (tertiary/aromatic N) is 2. The first-order valence-electron chi connectivity index (χ1n) is 9.47. The van der Waals surface area contributed by atoms with E-state index in [0.717, 1.165) is 30.8 Å². The first-order valence-corrected chi connectivity index (χ1v) is 10.5. The molecule has 2 saturated heterocycles. The number of likely N-dealkylation sites (tertiary alicyclic amines) is 1. The van der Waals surface area contributed by atoms with Gasteiger partial charge < -0.3 is 15.1 Å². The van der Waals surface area contributed by atoms with Crippen LogP contribution in [0.4, 0.5) is 10.5 Å². The van der Waals surface area contributed by atoms with Gasteiger partial charge in [0.2, 0.25) is 5.91 Å². The van der Waals surface area contributed by atoms with Crippen molar-refractivity contribution >= 4 is 29.4 Å². The number of carbonyl (C=O) groups is 2. The van der Waals surface area contributed by atoms with E-state index < -0.39 is 0 Å². The summed E-state index contributed by atoms with van der Waals surface area (Å²) in [6, 6.07) is 7.80. The second-order valence-corrected chi connectivity index (χ2v) is 9.18. The third-order valence-electron chi connectivity index (χ3n) is 5.20. The third kappa shape index (κ3) is 4.17. The second kappa shape index (κ2) is 7.91. The highest BCUT2D eigenvalue weighted by molar-refractivity contribution is 8.00. The maximum atomic E-state index is 12.6. The van der Waals surface area contributed by atoms with Crippen LogP contribution in [-0.2, 0) is 4.79 Å². The van der Waals surface area contributed by atoms with Crippen LogP contribution in [0.15, 0.2) is 24.3 Å². The minimum absolute atomic E-state index is 0.0493. The van der Waals surface area contributed by atoms with Gasteiger partial charge >= 0.3 is 6.03 Å². The Kier molecular flexibility index (Phi) is 5.80. The third-order valence-corrected chi connectivity index (χ3v) is 6.75. The van der Waals surface area contributed by atoms with E-state index in [1.54, 1.807) is 0 Å². The van der Waals surface area contributed by atoms with Gasteiger partial charge in [0.15, 0.2) is 0 Å². The van der Waals surface area contributed by atoms with E-state index in [1.807, 2.05) is 47.9 Å². The fourth-order valence-corrected chi connectivity index (χ4v) is 5.21. The molecule has 0 radical (unpaired) electrons. The number of urea groups is 1. The molecule has 2 heterocycles. The molecule has 1 aromatic carbocycles. The monoisotopic (exact) mass is 375 g/mol. The molecule has 6 heteroatoms. The number of carbonyl (C=O) groups excluding carboxylic acids is 2. The predicted molar refractivity (Wildman–Crippen MR) is 107 cm³/mol. The Morgan fingerprint density at radius 2 is 1.81 bits per heavy atom. The highest BCUT2D eigenvalue weighted by Gasteiger charge is 2.46. The van der Waals surface area contributed by atoms with Crippen molar-refractivity contribution in [3.8, 4) is 0 Å². The molecule has 5 nitrogen and oxygen atoms in total. The van der Waals surface area contributed by atoms with Crippen LogP contribution < -0.4 is 5.32 Å². The zero-order chi connectivity index (χ0) is 18.7. The van der Waals surface area contributed by atoms with Crippen LogP contribution in [0.2, 0.25) is 0 Å². The number of piperidine rings is 1. The van der Waals surface area contributed by atoms with Crippen LogP contribution in [0.5, 0.6) is 0 Å². The zero-order valence-electron chi connectivity index (χ0n) is 16.0. The fraction of sp³-hybridized carbons (Fsp3) is 0.600. The summed E-state index contributed by atoms with van der Waals surface area (Å²) >= 11 is 1.90. The molecule has 2 fully saturated rings. The Morgan fingerprint density at radius 1 is 1.15 bits per heavy atom. The molecule has 3 rings (SSSR count). The average molecular weight is 376 g/mol. The highest BCUT2D eigenvalue weighted by atomic mass is 32.2. The van der Waals surface area contributed by atoms with E-state index in [2.05, 4.69) is 24.1 Å². The average Bonchev–Trinajstić information content (AvgIpc) is 3.00. The van der Waals surface area contributed by atoms with E-state index in [9.17, 15) is 9.59 Å². The highest BCUT2D eigenvalue weighted by Crippen LogP contribution is 2.44. The molecule has 0 bridgehead atoms. The summed E-state index contributed by atoms with van der Waals surface area (Å²) in [5.74, 6) is 1.65. The molecule has 2 aliphatic heterocycles. The second-order valence-electron chi connectivity index (χ2n) is 7.72. The molecule has 1 N–H and O–H groups in total. The van der Waals surface area contributed by atoms with Gasteiger partial charge in [-0.2, -0.15) is 0 Å². The minimum atomic E-state index is -0.105. The summed E-state index contributed by atoms with van der Waals surface area (Å²) in [5.41, 5.74) is 2.00. The molecule has 0 unspecified atom stereocenters. The van der Waals surface area contributed by atoms with Crippen molar-refractivity contribution in [3.63, 3.8) is 0 Å². The quantitative estimate of drug-likeness (QED) is 0.871. The Labute approximate surface area is 160 Å². The smallest absolute Gasteiger partial charge is 0.321 e. The molecule has 3 amide bonds. The van der Waals surface area contributed by atoms with Gasteiger partial charge in [0.25, 0.3) is 0 Å². The lowest BCUT2D eigenvalue weighted by atomic mass is 10.0. The van der Waals surface area contributed by atoms with Crippen molar-refractivity contribution in [2.24, 2.45) is 5.92 Å². The number of amides is 3. The fourth-order valence-electron chi connectivity index (χ4n) is 3.73. The minimum Gasteiger partial charge on any atom is -0.327 e. The van der Waals surface area contributed by atoms with E-state index >= 15 is 0 Å². The van der Waals surface area contributed by atoms with Crippen molar-refractivity contribution < 1.29 is 9.59 Å². The molecule has 1 spiro atoms. The first kappa shape index (κ1) is 19.1. The molecule has 1 aromatic rings. The first-order chi connectivity index (χ1) is 12.4. The number of thioether (sulfide) groups is 1. The van der Waals surface area contributed by atoms with Crippen LogP contribution in [0, 0.1) is 12.8 Å². The normalized spacial score (nSPS) is 19.2. The molecular weight excluding hydrogens is 346 g/mol. The number of aryl methyl sites for hydroxylation is 1. The number of anilines is 1. The number of hydrogen-bond acceptors (Lipinski definition) is 3. The SMILES string of the molecule is Cc1ccc(NC(=O)N2CCC3(CC2)SCCN3C(=O)CC(C)C)cc1. The molecule has 142 valence electrons. The van der Waals surface area contributed by atoms with Gasteiger partial charge in [0.05, 0.1) is 4.87 Å². The molecule has 0 saturated carbocycles. The Morgan fingerprint density at radius 3 is 2.42 bits per heavy atom. The van der Waals surface area contributed by atoms with Gasteiger partial charge in [0, 0.05) is 37.5 Å². The Hall–Kier alpha value is -1.69. The summed E-state index contributed by atoms with van der Waals surface area (Å²) in [5, 5.41) is 2.98. The van der Waals surface area contributed by atoms with Crippen LogP contribution in [0.25, 0.3) is 0 Å². The largest absolute Gasteiger partial charge is 0.327 e. The number of benzene rings is 1. The van der Waals surface area contributed by atoms with Crippen LogP contribution >= 0.6 is 11.8 Å². The van der Waals surface area contributed by atoms with E-state index in [-0.39, 0.29) is 16.8 Å². The van der Waals surface area contributed by atoms with Crippen LogP contribution in [-0.4, -0.2) is 52.0 Å². The number of hydrogen-bond donors (Lipinski definition) is 1. The van der Waals surface area contributed by atoms with Gasteiger partial charge in [-0.05, 0) is 37.8 Å². The summed E-state index contributed by atoms with van der Waals surface area (Å²) in [6.45, 7) is 8.43. The molecular formula is C20H29N3O2S. The molecule has 0 aliphatic carbocycles. The summed E-state index contributed by atoms with van der Waals surface area (Å²) < 4.78 is 0. The van der Waals surface area contributed by atoms with Gasteiger partial charge in [-0.3, -0.25) is 4.79 Å². The predicted octanol–water partition coefficient (Wildman–Crippen LogP) is 3.94. The van der Waals surface area contributed by atoms with Gasteiger partial charge in [0.1, 0.15) is 0 Å². The summed E-state index contributed by atoms with van der Waals surface area (Å²) in [6.07, 6.45) is 2.31. The lowest BCUT2D eigenvalue weighted by Gasteiger charge is -2.44. The Bertz CT molecular complexity index is 652. The lowest BCUT2D eigenvalue weighted by Crippen LogP contribution is -2.54. The van der Waals surface area contributed by atoms with Crippen LogP contribution in [0.1, 0.15) is 38.7 Å². The maximum Gasteiger partial charge on any atom is 0.321 e. The maximum absolute atomic E-state index is 12.6. The van der Waals surface area contributed by atoms with Crippen molar-refractivity contribution in [1.82, 2.24) is 9.80 Å². The van der Waals surface area contributed by atoms with E-state index in [0.29, 0.717) is 25.4 Å². The lowest BCUT2D eigenvalue weighted by molar-refractivity contribution is -0.135. The zero-order valence-corrected chi connectivity index (χ0v) is 16.8.